The van der Waals surface area contributed by atoms with Crippen molar-refractivity contribution in [2.45, 2.75) is 108 Å². The Morgan fingerprint density at radius 1 is 1.18 bits per heavy atom. The van der Waals surface area contributed by atoms with Gasteiger partial charge in [0.25, 0.3) is 0 Å². The molecule has 3 fully saturated rings. The first-order valence-corrected chi connectivity index (χ1v) is 11.7. The number of fused-ring (bicyclic) bond motifs is 1. The molecule has 3 aliphatic rings. The highest BCUT2D eigenvalue weighted by molar-refractivity contribution is 5.84. The molecule has 0 amide bonds. The lowest BCUT2D eigenvalue weighted by molar-refractivity contribution is -0.325. The predicted molar refractivity (Wildman–Crippen MR) is 118 cm³/mol. The van der Waals surface area contributed by atoms with Crippen LogP contribution in [0.1, 0.15) is 53.9 Å². The average molecular weight is 473 g/mol. The Kier molecular flexibility index (Phi) is 8.08. The van der Waals surface area contributed by atoms with E-state index in [0.717, 1.165) is 5.57 Å². The maximum atomic E-state index is 13.1. The van der Waals surface area contributed by atoms with E-state index < -0.39 is 66.1 Å². The lowest BCUT2D eigenvalue weighted by Gasteiger charge is -2.53. The van der Waals surface area contributed by atoms with Gasteiger partial charge in [0.05, 0.1) is 37.1 Å². The van der Waals surface area contributed by atoms with Crippen LogP contribution in [0.5, 0.6) is 0 Å². The van der Waals surface area contributed by atoms with Gasteiger partial charge in [0, 0.05) is 30.6 Å². The molecule has 0 aliphatic carbocycles. The second-order valence-electron chi connectivity index (χ2n) is 10.7. The van der Waals surface area contributed by atoms with Crippen LogP contribution in [0.25, 0.3) is 0 Å². The van der Waals surface area contributed by atoms with Gasteiger partial charge in [-0.1, -0.05) is 32.9 Å². The summed E-state index contributed by atoms with van der Waals surface area (Å²) in [6.45, 7) is 12.8. The summed E-state index contributed by atoms with van der Waals surface area (Å²) >= 11 is 0. The molecule has 0 unspecified atom stereocenters. The summed E-state index contributed by atoms with van der Waals surface area (Å²) in [6, 6.07) is 0. The number of aliphatic hydroxyl groups is 4. The summed E-state index contributed by atoms with van der Waals surface area (Å²) in [4.78, 5) is 13.1. The van der Waals surface area contributed by atoms with Crippen molar-refractivity contribution in [1.29, 1.82) is 0 Å². The Labute approximate surface area is 195 Å². The topological polar surface area (TPSA) is 135 Å². The quantitative estimate of drug-likeness (QED) is 0.395. The molecule has 4 N–H and O–H groups in total. The minimum atomic E-state index is -1.38. The third-order valence-electron chi connectivity index (χ3n) is 7.82. The van der Waals surface area contributed by atoms with Crippen molar-refractivity contribution in [2.75, 3.05) is 13.4 Å². The number of ketones is 1. The molecule has 0 aromatic heterocycles. The molecule has 3 aliphatic heterocycles. The maximum absolute atomic E-state index is 13.1. The molecule has 0 aromatic rings. The number of carbonyl (C=O) groups is 1. The molecule has 0 aromatic carbocycles. The number of hydrogen-bond acceptors (Lipinski definition) is 9. The molecule has 9 nitrogen and oxygen atoms in total. The van der Waals surface area contributed by atoms with Crippen LogP contribution in [0.15, 0.2) is 12.2 Å². The molecule has 0 radical (unpaired) electrons. The largest absolute Gasteiger partial charge is 0.394 e. The molecule has 3 saturated heterocycles. The normalized spacial score (nSPS) is 42.9. The van der Waals surface area contributed by atoms with Gasteiger partial charge < -0.3 is 39.4 Å². The van der Waals surface area contributed by atoms with Gasteiger partial charge in [-0.15, -0.1) is 0 Å². The van der Waals surface area contributed by atoms with E-state index in [0.29, 0.717) is 6.42 Å². The minimum absolute atomic E-state index is 0.108. The molecule has 33 heavy (non-hydrogen) atoms. The van der Waals surface area contributed by atoms with Crippen LogP contribution < -0.4 is 0 Å². The Morgan fingerprint density at radius 3 is 2.45 bits per heavy atom. The molecule has 3 heterocycles. The Bertz CT molecular complexity index is 725. The third kappa shape index (κ3) is 5.21. The fraction of sp³-hybridized carbons (Fsp3) is 0.875. The highest BCUT2D eigenvalue weighted by Crippen LogP contribution is 2.43. The van der Waals surface area contributed by atoms with Crippen molar-refractivity contribution in [1.82, 2.24) is 0 Å². The van der Waals surface area contributed by atoms with E-state index in [1.54, 1.807) is 6.92 Å². The molecular weight excluding hydrogens is 432 g/mol. The summed E-state index contributed by atoms with van der Waals surface area (Å²) in [5.41, 5.74) is -0.927. The Morgan fingerprint density at radius 2 is 1.85 bits per heavy atom. The van der Waals surface area contributed by atoms with Crippen LogP contribution in [0.4, 0.5) is 0 Å². The van der Waals surface area contributed by atoms with Gasteiger partial charge >= 0.3 is 0 Å². The molecule has 0 bridgehead atoms. The summed E-state index contributed by atoms with van der Waals surface area (Å²) in [6.07, 6.45) is -6.04. The fourth-order valence-corrected chi connectivity index (χ4v) is 5.20. The highest BCUT2D eigenvalue weighted by atomic mass is 16.7. The zero-order chi connectivity index (χ0) is 24.7. The number of hydrogen-bond donors (Lipinski definition) is 4. The van der Waals surface area contributed by atoms with E-state index >= 15 is 0 Å². The van der Waals surface area contributed by atoms with Gasteiger partial charge in [-0.05, 0) is 13.8 Å². The van der Waals surface area contributed by atoms with Crippen molar-refractivity contribution in [2.24, 2.45) is 11.3 Å². The van der Waals surface area contributed by atoms with E-state index in [4.69, 9.17) is 18.9 Å². The summed E-state index contributed by atoms with van der Waals surface area (Å²) in [7, 11) is 0. The van der Waals surface area contributed by atoms with Gasteiger partial charge in [0.2, 0.25) is 0 Å². The predicted octanol–water partition coefficient (Wildman–Crippen LogP) is 0.706. The van der Waals surface area contributed by atoms with Crippen molar-refractivity contribution >= 4 is 5.78 Å². The molecule has 0 spiro atoms. The number of ether oxygens (including phenoxy) is 4. The maximum Gasteiger partial charge on any atom is 0.166 e. The second-order valence-corrected chi connectivity index (χ2v) is 10.7. The van der Waals surface area contributed by atoms with Gasteiger partial charge in [-0.3, -0.25) is 4.79 Å². The Hall–Kier alpha value is -0.910. The molecule has 190 valence electrons. The second kappa shape index (κ2) is 9.99. The number of Topliss-reactive ketones (excluding diaryl/α,β-unsaturated/α-hetero) is 1. The molecule has 0 saturated carbocycles. The van der Waals surface area contributed by atoms with Crippen LogP contribution >= 0.6 is 0 Å². The van der Waals surface area contributed by atoms with Crippen LogP contribution in [-0.2, 0) is 23.7 Å². The van der Waals surface area contributed by atoms with Crippen LogP contribution in [0.2, 0.25) is 0 Å². The zero-order valence-corrected chi connectivity index (χ0v) is 20.3. The van der Waals surface area contributed by atoms with E-state index in [-0.39, 0.29) is 31.7 Å². The standard InChI is InChI=1S/C24H40O9/c1-12-9-24(6,33-14(3)13(12)2)21(28)16(27)8-17-19-20(31-11-30-17)22(29)23(4,5)18(32-19)7-15(26)10-25/h13-15,17-22,25-26,28-29H,1,7-11H2,2-6H3/t13-,14-,15+,17-,18-,19-,20+,21-,22-,24-/m1/s1. The number of rotatable bonds is 7. The first-order chi connectivity index (χ1) is 15.3. The van der Waals surface area contributed by atoms with Crippen molar-refractivity contribution in [3.63, 3.8) is 0 Å². The summed E-state index contributed by atoms with van der Waals surface area (Å²) < 4.78 is 23.6. The molecule has 3 rings (SSSR count). The highest BCUT2D eigenvalue weighted by Gasteiger charge is 2.55. The van der Waals surface area contributed by atoms with Gasteiger partial charge in [-0.25, -0.2) is 0 Å². The van der Waals surface area contributed by atoms with Gasteiger partial charge in [0.1, 0.15) is 30.7 Å². The monoisotopic (exact) mass is 472 g/mol. The first-order valence-electron chi connectivity index (χ1n) is 11.7. The van der Waals surface area contributed by atoms with Gasteiger partial charge in [0.15, 0.2) is 5.78 Å². The number of carbonyl (C=O) groups excluding carboxylic acids is 1. The van der Waals surface area contributed by atoms with Crippen molar-refractivity contribution < 1.29 is 44.2 Å². The summed E-state index contributed by atoms with van der Waals surface area (Å²) in [5.74, 6) is -0.320. The van der Waals surface area contributed by atoms with E-state index in [1.165, 1.54) is 0 Å². The van der Waals surface area contributed by atoms with E-state index in [1.807, 2.05) is 27.7 Å². The van der Waals surface area contributed by atoms with Crippen LogP contribution in [0, 0.1) is 11.3 Å². The van der Waals surface area contributed by atoms with Crippen molar-refractivity contribution in [3.05, 3.63) is 12.2 Å². The number of aliphatic hydroxyl groups excluding tert-OH is 4. The van der Waals surface area contributed by atoms with E-state index in [9.17, 15) is 25.2 Å². The average Bonchev–Trinajstić information content (AvgIpc) is 2.75. The summed E-state index contributed by atoms with van der Waals surface area (Å²) in [5, 5.41) is 41.2. The Balaban J connectivity index is 1.74. The SMILES string of the molecule is C=C1C[C@](C)([C@H](O)C(=O)C[C@H]2OCO[C@H]3[C@@H]2O[C@H](C[C@H](O)CO)C(C)(C)[C@@H]3O)O[C@H](C)[C@@H]1C. The van der Waals surface area contributed by atoms with Gasteiger partial charge in [-0.2, -0.15) is 0 Å². The lowest BCUT2D eigenvalue weighted by Crippen LogP contribution is -2.65. The zero-order valence-electron chi connectivity index (χ0n) is 20.3. The third-order valence-corrected chi connectivity index (χ3v) is 7.82. The van der Waals surface area contributed by atoms with Crippen LogP contribution in [0.3, 0.4) is 0 Å². The minimum Gasteiger partial charge on any atom is -0.394 e. The molecule has 9 heteroatoms. The molecular formula is C24H40O9. The lowest BCUT2D eigenvalue weighted by atomic mass is 9.72. The smallest absolute Gasteiger partial charge is 0.166 e. The first kappa shape index (κ1) is 26.7. The molecule has 10 atom stereocenters. The van der Waals surface area contributed by atoms with Crippen LogP contribution in [-0.4, -0.2) is 94.0 Å². The van der Waals surface area contributed by atoms with Crippen molar-refractivity contribution in [3.8, 4) is 0 Å². The fourth-order valence-electron chi connectivity index (χ4n) is 5.20. The van der Waals surface area contributed by atoms with E-state index in [2.05, 4.69) is 6.58 Å².